The van der Waals surface area contributed by atoms with E-state index in [2.05, 4.69) is 15.4 Å². The molecule has 0 saturated heterocycles. The minimum atomic E-state index is -0.948. The molecule has 7 heteroatoms. The average Bonchev–Trinajstić information content (AvgIpc) is 3.16. The monoisotopic (exact) mass is 392 g/mol. The maximum absolute atomic E-state index is 12.9. The number of benzene rings is 1. The highest BCUT2D eigenvalue weighted by Gasteiger charge is 2.42. The molecule has 0 bridgehead atoms. The summed E-state index contributed by atoms with van der Waals surface area (Å²) in [7, 11) is 1.36. The lowest BCUT2D eigenvalue weighted by molar-refractivity contribution is -0.149. The number of carbonyl (C=O) groups excluding carboxylic acids is 2. The van der Waals surface area contributed by atoms with Gasteiger partial charge in [0.15, 0.2) is 5.65 Å². The van der Waals surface area contributed by atoms with Gasteiger partial charge in [0.2, 0.25) is 0 Å². The molecule has 0 spiro atoms. The van der Waals surface area contributed by atoms with E-state index >= 15 is 0 Å². The summed E-state index contributed by atoms with van der Waals surface area (Å²) in [6.07, 6.45) is 7.26. The summed E-state index contributed by atoms with van der Waals surface area (Å²) in [4.78, 5) is 29.7. The first-order chi connectivity index (χ1) is 14.1. The van der Waals surface area contributed by atoms with Crippen LogP contribution in [0.1, 0.15) is 48.0 Å². The van der Waals surface area contributed by atoms with Crippen LogP contribution in [-0.4, -0.2) is 39.3 Å². The van der Waals surface area contributed by atoms with Gasteiger partial charge in [-0.1, -0.05) is 49.6 Å². The van der Waals surface area contributed by atoms with E-state index in [9.17, 15) is 9.59 Å². The molecule has 150 valence electrons. The molecule has 29 heavy (non-hydrogen) atoms. The van der Waals surface area contributed by atoms with E-state index in [1.54, 1.807) is 12.3 Å². The molecular formula is C22H24N4O3. The highest BCUT2D eigenvalue weighted by molar-refractivity contribution is 6.00. The summed E-state index contributed by atoms with van der Waals surface area (Å²) in [6, 6.07) is 11.8. The molecular weight excluding hydrogens is 368 g/mol. The fraction of sp³-hybridized carbons (Fsp3) is 0.364. The quantitative estimate of drug-likeness (QED) is 0.675. The van der Waals surface area contributed by atoms with Crippen molar-refractivity contribution in [2.75, 3.05) is 7.11 Å². The first-order valence-corrected chi connectivity index (χ1v) is 9.88. The highest BCUT2D eigenvalue weighted by atomic mass is 16.5. The molecule has 0 aliphatic heterocycles. The zero-order chi connectivity index (χ0) is 20.3. The lowest BCUT2D eigenvalue weighted by Gasteiger charge is -2.35. The van der Waals surface area contributed by atoms with Crippen LogP contribution in [0.2, 0.25) is 0 Å². The fourth-order valence-electron chi connectivity index (χ4n) is 3.99. The van der Waals surface area contributed by atoms with Gasteiger partial charge in [0.05, 0.1) is 25.4 Å². The van der Waals surface area contributed by atoms with Crippen LogP contribution in [0.4, 0.5) is 0 Å². The number of carbonyl (C=O) groups is 2. The van der Waals surface area contributed by atoms with Crippen LogP contribution in [-0.2, 0) is 16.1 Å². The first kappa shape index (κ1) is 19.1. The first-order valence-electron chi connectivity index (χ1n) is 9.88. The van der Waals surface area contributed by atoms with Crippen molar-refractivity contribution in [3.8, 4) is 0 Å². The van der Waals surface area contributed by atoms with E-state index < -0.39 is 5.54 Å². The van der Waals surface area contributed by atoms with Gasteiger partial charge in [0.25, 0.3) is 5.91 Å². The molecule has 1 saturated carbocycles. The minimum Gasteiger partial charge on any atom is -0.467 e. The van der Waals surface area contributed by atoms with E-state index in [4.69, 9.17) is 4.74 Å². The normalized spacial score (nSPS) is 15.8. The molecule has 1 aliphatic rings. The smallest absolute Gasteiger partial charge is 0.331 e. The number of fused-ring (bicyclic) bond motifs is 1. The number of esters is 1. The highest BCUT2D eigenvalue weighted by Crippen LogP contribution is 2.30. The van der Waals surface area contributed by atoms with Gasteiger partial charge in [-0.2, -0.15) is 5.10 Å². The summed E-state index contributed by atoms with van der Waals surface area (Å²) >= 11 is 0. The maximum atomic E-state index is 12.9. The Morgan fingerprint density at radius 2 is 1.90 bits per heavy atom. The number of ether oxygens (including phenoxy) is 1. The number of hydrogen-bond acceptors (Lipinski definition) is 5. The van der Waals surface area contributed by atoms with E-state index in [0.717, 1.165) is 30.2 Å². The van der Waals surface area contributed by atoms with E-state index in [0.29, 0.717) is 30.6 Å². The van der Waals surface area contributed by atoms with Crippen molar-refractivity contribution in [1.82, 2.24) is 20.1 Å². The van der Waals surface area contributed by atoms with Crippen molar-refractivity contribution in [2.45, 2.75) is 44.2 Å². The Kier molecular flexibility index (Phi) is 5.29. The van der Waals surface area contributed by atoms with Crippen molar-refractivity contribution in [3.05, 3.63) is 59.9 Å². The summed E-state index contributed by atoms with van der Waals surface area (Å²) in [6.45, 7) is 0.605. The molecule has 4 rings (SSSR count). The topological polar surface area (TPSA) is 86.1 Å². The largest absolute Gasteiger partial charge is 0.467 e. The van der Waals surface area contributed by atoms with Gasteiger partial charge >= 0.3 is 5.97 Å². The van der Waals surface area contributed by atoms with Crippen LogP contribution in [0.5, 0.6) is 0 Å². The van der Waals surface area contributed by atoms with Gasteiger partial charge in [0.1, 0.15) is 5.54 Å². The van der Waals surface area contributed by atoms with Crippen molar-refractivity contribution in [2.24, 2.45) is 0 Å². The second-order valence-electron chi connectivity index (χ2n) is 7.51. The molecule has 3 aromatic rings. The van der Waals surface area contributed by atoms with Gasteiger partial charge in [-0.25, -0.2) is 14.5 Å². The van der Waals surface area contributed by atoms with Gasteiger partial charge in [-0.3, -0.25) is 4.79 Å². The zero-order valence-electron chi connectivity index (χ0n) is 16.4. The Morgan fingerprint density at radius 3 is 2.62 bits per heavy atom. The van der Waals surface area contributed by atoms with E-state index in [-0.39, 0.29) is 11.9 Å². The van der Waals surface area contributed by atoms with Crippen LogP contribution in [0.3, 0.4) is 0 Å². The number of pyridine rings is 1. The van der Waals surface area contributed by atoms with Gasteiger partial charge in [-0.05, 0) is 24.5 Å². The third kappa shape index (κ3) is 3.85. The molecule has 2 aromatic heterocycles. The Morgan fingerprint density at radius 1 is 1.14 bits per heavy atom. The molecule has 1 fully saturated rings. The van der Waals surface area contributed by atoms with Crippen LogP contribution in [0.15, 0.2) is 48.8 Å². The average molecular weight is 392 g/mol. The van der Waals surface area contributed by atoms with Crippen molar-refractivity contribution >= 4 is 22.9 Å². The number of amides is 1. The molecule has 0 unspecified atom stereocenters. The number of methoxy groups -OCH3 is 1. The minimum absolute atomic E-state index is 0.317. The summed E-state index contributed by atoms with van der Waals surface area (Å²) in [5.41, 5.74) is 1.30. The Bertz CT molecular complexity index is 1020. The van der Waals surface area contributed by atoms with Crippen molar-refractivity contribution in [3.63, 3.8) is 0 Å². The third-order valence-electron chi connectivity index (χ3n) is 5.55. The predicted molar refractivity (Wildman–Crippen MR) is 108 cm³/mol. The Labute approximate surface area is 169 Å². The number of rotatable bonds is 5. The fourth-order valence-corrected chi connectivity index (χ4v) is 3.99. The lowest BCUT2D eigenvalue weighted by Crippen LogP contribution is -2.56. The van der Waals surface area contributed by atoms with E-state index in [1.165, 1.54) is 13.3 Å². The lowest BCUT2D eigenvalue weighted by atomic mass is 9.81. The molecule has 0 radical (unpaired) electrons. The number of hydrogen-bond donors (Lipinski definition) is 1. The molecule has 1 N–H and O–H groups in total. The zero-order valence-corrected chi connectivity index (χ0v) is 16.4. The third-order valence-corrected chi connectivity index (χ3v) is 5.55. The predicted octanol–water partition coefficient (Wildman–Crippen LogP) is 3.09. The van der Waals surface area contributed by atoms with Crippen LogP contribution < -0.4 is 5.32 Å². The standard InChI is InChI=1S/C22H24N4O3/c1-29-21(28)22(10-6-3-7-11-22)25-20(27)18-12-17-14-24-26(19(17)23-13-18)15-16-8-4-2-5-9-16/h2,4-5,8-9,12-14H,3,6-7,10-11,15H2,1H3,(H,25,27). The summed E-state index contributed by atoms with van der Waals surface area (Å²) in [5, 5.41) is 8.12. The number of nitrogens with one attached hydrogen (secondary N) is 1. The second-order valence-corrected chi connectivity index (χ2v) is 7.51. The van der Waals surface area contributed by atoms with Crippen LogP contribution >= 0.6 is 0 Å². The van der Waals surface area contributed by atoms with Gasteiger partial charge < -0.3 is 10.1 Å². The Balaban J connectivity index is 1.56. The van der Waals surface area contributed by atoms with Crippen molar-refractivity contribution < 1.29 is 14.3 Å². The molecule has 2 heterocycles. The summed E-state index contributed by atoms with van der Waals surface area (Å²) < 4.78 is 6.79. The molecule has 1 amide bonds. The van der Waals surface area contributed by atoms with E-state index in [1.807, 2.05) is 35.0 Å². The van der Waals surface area contributed by atoms with Crippen LogP contribution in [0, 0.1) is 0 Å². The molecule has 1 aliphatic carbocycles. The van der Waals surface area contributed by atoms with Gasteiger partial charge in [-0.15, -0.1) is 0 Å². The second kappa shape index (κ2) is 8.03. The Hall–Kier alpha value is -3.22. The maximum Gasteiger partial charge on any atom is 0.331 e. The number of nitrogens with zero attached hydrogens (tertiary/aromatic N) is 3. The SMILES string of the molecule is COC(=O)C1(NC(=O)c2cnc3c(cnn3Cc3ccccc3)c2)CCCCC1. The van der Waals surface area contributed by atoms with Gasteiger partial charge in [0, 0.05) is 11.6 Å². The van der Waals surface area contributed by atoms with Crippen molar-refractivity contribution in [1.29, 1.82) is 0 Å². The molecule has 7 nitrogen and oxygen atoms in total. The number of aromatic nitrogens is 3. The summed E-state index contributed by atoms with van der Waals surface area (Å²) in [5.74, 6) is -0.697. The van der Waals surface area contributed by atoms with Crippen LogP contribution in [0.25, 0.3) is 11.0 Å². The molecule has 1 aromatic carbocycles. The molecule has 0 atom stereocenters.